The van der Waals surface area contributed by atoms with E-state index in [2.05, 4.69) is 10.4 Å². The molecule has 1 aromatic heterocycles. The Morgan fingerprint density at radius 1 is 1.41 bits per heavy atom. The third kappa shape index (κ3) is 2.70. The van der Waals surface area contributed by atoms with E-state index in [9.17, 15) is 4.79 Å². The second-order valence-electron chi connectivity index (χ2n) is 3.71. The van der Waals surface area contributed by atoms with E-state index in [4.69, 9.17) is 5.11 Å². The highest BCUT2D eigenvalue weighted by atomic mass is 16.3. The van der Waals surface area contributed by atoms with Crippen molar-refractivity contribution in [1.82, 2.24) is 9.78 Å². The minimum atomic E-state index is -0.199. The summed E-state index contributed by atoms with van der Waals surface area (Å²) in [7, 11) is 1.76. The SMILES string of the molecule is Cn1cc(C(=O)Nc2ccc(CO)cc2)cn1. The normalized spacial score (nSPS) is 10.2. The fourth-order valence-electron chi connectivity index (χ4n) is 1.44. The Hall–Kier alpha value is -2.14. The van der Waals surface area contributed by atoms with Crippen LogP contribution >= 0.6 is 0 Å². The summed E-state index contributed by atoms with van der Waals surface area (Å²) in [4.78, 5) is 11.8. The summed E-state index contributed by atoms with van der Waals surface area (Å²) in [6, 6.07) is 7.03. The zero-order valence-electron chi connectivity index (χ0n) is 9.42. The first-order chi connectivity index (χ1) is 8.19. The number of carbonyl (C=O) groups is 1. The number of nitrogens with one attached hydrogen (secondary N) is 1. The van der Waals surface area contributed by atoms with Crippen LogP contribution in [-0.4, -0.2) is 20.8 Å². The molecule has 0 spiro atoms. The number of hydrogen-bond donors (Lipinski definition) is 2. The first-order valence-corrected chi connectivity index (χ1v) is 5.19. The lowest BCUT2D eigenvalue weighted by molar-refractivity contribution is 0.102. The van der Waals surface area contributed by atoms with E-state index in [1.54, 1.807) is 42.2 Å². The van der Waals surface area contributed by atoms with Gasteiger partial charge in [-0.3, -0.25) is 9.48 Å². The van der Waals surface area contributed by atoms with E-state index in [-0.39, 0.29) is 12.5 Å². The van der Waals surface area contributed by atoms with E-state index in [0.717, 1.165) is 5.56 Å². The van der Waals surface area contributed by atoms with Crippen LogP contribution in [0.15, 0.2) is 36.7 Å². The Balaban J connectivity index is 2.07. The molecule has 1 heterocycles. The van der Waals surface area contributed by atoms with Crippen molar-refractivity contribution in [3.8, 4) is 0 Å². The van der Waals surface area contributed by atoms with Crippen molar-refractivity contribution in [2.75, 3.05) is 5.32 Å². The average Bonchev–Trinajstić information content (AvgIpc) is 2.77. The zero-order valence-corrected chi connectivity index (χ0v) is 9.42. The summed E-state index contributed by atoms with van der Waals surface area (Å²) in [6.45, 7) is -0.00314. The largest absolute Gasteiger partial charge is 0.392 e. The number of amides is 1. The van der Waals surface area contributed by atoms with Crippen molar-refractivity contribution >= 4 is 11.6 Å². The van der Waals surface area contributed by atoms with Gasteiger partial charge in [-0.2, -0.15) is 5.10 Å². The second kappa shape index (κ2) is 4.80. The maximum atomic E-state index is 11.8. The van der Waals surface area contributed by atoms with E-state index < -0.39 is 0 Å². The molecule has 0 saturated heterocycles. The van der Waals surface area contributed by atoms with Crippen LogP contribution in [0.5, 0.6) is 0 Å². The fourth-order valence-corrected chi connectivity index (χ4v) is 1.44. The summed E-state index contributed by atoms with van der Waals surface area (Å²) in [5.74, 6) is -0.199. The summed E-state index contributed by atoms with van der Waals surface area (Å²) in [6.07, 6.45) is 3.16. The lowest BCUT2D eigenvalue weighted by atomic mass is 10.2. The Morgan fingerprint density at radius 2 is 2.12 bits per heavy atom. The minimum absolute atomic E-state index is 0.00314. The van der Waals surface area contributed by atoms with Crippen molar-refractivity contribution in [3.05, 3.63) is 47.8 Å². The predicted octanol–water partition coefficient (Wildman–Crippen LogP) is 1.16. The van der Waals surface area contributed by atoms with Gasteiger partial charge < -0.3 is 10.4 Å². The van der Waals surface area contributed by atoms with Crippen LogP contribution in [0, 0.1) is 0 Å². The van der Waals surface area contributed by atoms with Crippen LogP contribution in [0.3, 0.4) is 0 Å². The van der Waals surface area contributed by atoms with Gasteiger partial charge in [0.1, 0.15) is 0 Å². The first-order valence-electron chi connectivity index (χ1n) is 5.19. The monoisotopic (exact) mass is 231 g/mol. The van der Waals surface area contributed by atoms with Gasteiger partial charge in [0.2, 0.25) is 0 Å². The number of aliphatic hydroxyl groups is 1. The van der Waals surface area contributed by atoms with Crippen molar-refractivity contribution in [3.63, 3.8) is 0 Å². The topological polar surface area (TPSA) is 67.2 Å². The highest BCUT2D eigenvalue weighted by Gasteiger charge is 2.07. The van der Waals surface area contributed by atoms with Crippen LogP contribution in [0.25, 0.3) is 0 Å². The van der Waals surface area contributed by atoms with E-state index in [1.165, 1.54) is 6.20 Å². The van der Waals surface area contributed by atoms with E-state index in [0.29, 0.717) is 11.3 Å². The molecule has 2 N–H and O–H groups in total. The fraction of sp³-hybridized carbons (Fsp3) is 0.167. The molecule has 0 radical (unpaired) electrons. The number of aromatic nitrogens is 2. The molecule has 0 fully saturated rings. The van der Waals surface area contributed by atoms with Crippen LogP contribution in [0.2, 0.25) is 0 Å². The van der Waals surface area contributed by atoms with Gasteiger partial charge in [0.15, 0.2) is 0 Å². The number of aryl methyl sites for hydroxylation is 1. The molecule has 0 aliphatic rings. The number of rotatable bonds is 3. The highest BCUT2D eigenvalue weighted by molar-refractivity contribution is 6.03. The van der Waals surface area contributed by atoms with Crippen molar-refractivity contribution < 1.29 is 9.90 Å². The number of carbonyl (C=O) groups excluding carboxylic acids is 1. The summed E-state index contributed by atoms with van der Waals surface area (Å²) >= 11 is 0. The van der Waals surface area contributed by atoms with Crippen LogP contribution in [-0.2, 0) is 13.7 Å². The number of aliphatic hydroxyl groups excluding tert-OH is 1. The first kappa shape index (κ1) is 11.3. The van der Waals surface area contributed by atoms with Crippen molar-refractivity contribution in [2.24, 2.45) is 7.05 Å². The molecular formula is C12H13N3O2. The Labute approximate surface area is 98.7 Å². The summed E-state index contributed by atoms with van der Waals surface area (Å²) in [5, 5.41) is 15.6. The molecule has 5 nitrogen and oxygen atoms in total. The molecule has 0 unspecified atom stereocenters. The summed E-state index contributed by atoms with van der Waals surface area (Å²) in [5.41, 5.74) is 2.01. The zero-order chi connectivity index (χ0) is 12.3. The Bertz CT molecular complexity index is 517. The smallest absolute Gasteiger partial charge is 0.258 e. The van der Waals surface area contributed by atoms with Gasteiger partial charge in [0.25, 0.3) is 5.91 Å². The maximum absolute atomic E-state index is 11.8. The van der Waals surface area contributed by atoms with E-state index >= 15 is 0 Å². The molecule has 0 bridgehead atoms. The number of anilines is 1. The van der Waals surface area contributed by atoms with Gasteiger partial charge in [-0.1, -0.05) is 12.1 Å². The van der Waals surface area contributed by atoms with Crippen LogP contribution < -0.4 is 5.32 Å². The van der Waals surface area contributed by atoms with Crippen LogP contribution in [0.1, 0.15) is 15.9 Å². The lowest BCUT2D eigenvalue weighted by Gasteiger charge is -2.04. The third-order valence-electron chi connectivity index (χ3n) is 2.36. The standard InChI is InChI=1S/C12H13N3O2/c1-15-7-10(6-13-15)12(17)14-11-4-2-9(8-16)3-5-11/h2-7,16H,8H2,1H3,(H,14,17). The van der Waals surface area contributed by atoms with Crippen molar-refractivity contribution in [2.45, 2.75) is 6.61 Å². The van der Waals surface area contributed by atoms with E-state index in [1.807, 2.05) is 0 Å². The quantitative estimate of drug-likeness (QED) is 0.833. The molecule has 0 saturated carbocycles. The van der Waals surface area contributed by atoms with Gasteiger partial charge in [-0.15, -0.1) is 0 Å². The number of hydrogen-bond acceptors (Lipinski definition) is 3. The highest BCUT2D eigenvalue weighted by Crippen LogP contribution is 2.11. The Morgan fingerprint density at radius 3 is 2.65 bits per heavy atom. The average molecular weight is 231 g/mol. The number of nitrogens with zero attached hydrogens (tertiary/aromatic N) is 2. The lowest BCUT2D eigenvalue weighted by Crippen LogP contribution is -2.10. The number of benzene rings is 1. The Kier molecular flexibility index (Phi) is 3.20. The van der Waals surface area contributed by atoms with Crippen molar-refractivity contribution in [1.29, 1.82) is 0 Å². The molecule has 0 aliphatic heterocycles. The molecule has 2 aromatic rings. The maximum Gasteiger partial charge on any atom is 0.258 e. The second-order valence-corrected chi connectivity index (χ2v) is 3.71. The molecule has 2 rings (SSSR count). The molecule has 0 atom stereocenters. The van der Waals surface area contributed by atoms with Gasteiger partial charge in [0.05, 0.1) is 18.4 Å². The van der Waals surface area contributed by atoms with Gasteiger partial charge in [-0.05, 0) is 17.7 Å². The molecule has 5 heteroatoms. The predicted molar refractivity (Wildman–Crippen MR) is 63.5 cm³/mol. The molecule has 17 heavy (non-hydrogen) atoms. The third-order valence-corrected chi connectivity index (χ3v) is 2.36. The minimum Gasteiger partial charge on any atom is -0.392 e. The molecular weight excluding hydrogens is 218 g/mol. The van der Waals surface area contributed by atoms with Gasteiger partial charge in [-0.25, -0.2) is 0 Å². The molecule has 0 aliphatic carbocycles. The van der Waals surface area contributed by atoms with Crippen LogP contribution in [0.4, 0.5) is 5.69 Å². The molecule has 88 valence electrons. The molecule has 1 aromatic carbocycles. The summed E-state index contributed by atoms with van der Waals surface area (Å²) < 4.78 is 1.57. The van der Waals surface area contributed by atoms with Gasteiger partial charge in [0, 0.05) is 18.9 Å². The van der Waals surface area contributed by atoms with Gasteiger partial charge >= 0.3 is 0 Å². The molecule has 1 amide bonds.